The van der Waals surface area contributed by atoms with E-state index in [-0.39, 0.29) is 11.1 Å². The van der Waals surface area contributed by atoms with E-state index in [1.54, 1.807) is 18.4 Å². The zero-order valence-corrected chi connectivity index (χ0v) is 36.5. The molecule has 5 heterocycles. The fourth-order valence-electron chi connectivity index (χ4n) is 13.1. The van der Waals surface area contributed by atoms with E-state index < -0.39 is 6.29 Å². The van der Waals surface area contributed by atoms with Gasteiger partial charge >= 0.3 is 0 Å². The Kier molecular flexibility index (Phi) is 10.6. The highest BCUT2D eigenvalue weighted by atomic mass is 32.1. The molecular weight excluding hydrogens is 759 g/mol. The largest absolute Gasteiger partial charge is 0.385 e. The van der Waals surface area contributed by atoms with Crippen LogP contribution in [0.5, 0.6) is 0 Å². The van der Waals surface area contributed by atoms with Gasteiger partial charge in [0.25, 0.3) is 0 Å². The highest BCUT2D eigenvalue weighted by Crippen LogP contribution is 2.75. The lowest BCUT2D eigenvalue weighted by Gasteiger charge is -2.70. The first kappa shape index (κ1) is 40.4. The standard InChI is InChI=1S/C46H61N9O3S/c1-30-32-12-9-20-54(40(32)52-51-39(30)50-42-48-35-13-7-8-14-36(35)59-42)37-16-15-33(38(49-37)41(56)57)34-22-47-55(31(34)2)29-46-26-43(3)23-44(4,27-46)25-45(24-43,28-46)17-10-18-53(5)19-11-21-58-6/h7-8,13-16,22,41,56-57H,9-12,17-21,23-29H2,1-6H3,(H,48,50,51). The van der Waals surface area contributed by atoms with Crippen LogP contribution in [0.2, 0.25) is 0 Å². The zero-order chi connectivity index (χ0) is 41.2. The number of rotatable bonds is 15. The molecule has 0 radical (unpaired) electrons. The van der Waals surface area contributed by atoms with Crippen LogP contribution in [0, 0.1) is 35.5 Å². The maximum absolute atomic E-state index is 10.8. The number of nitrogens with one attached hydrogen (secondary N) is 1. The van der Waals surface area contributed by atoms with Gasteiger partial charge in [0.05, 0.1) is 16.4 Å². The molecule has 5 aliphatic rings. The van der Waals surface area contributed by atoms with E-state index in [2.05, 4.69) is 65.7 Å². The number of aromatic nitrogens is 6. The van der Waals surface area contributed by atoms with E-state index in [0.717, 1.165) is 89.1 Å². The van der Waals surface area contributed by atoms with E-state index in [0.29, 0.717) is 40.0 Å². The number of para-hydroxylation sites is 1. The second kappa shape index (κ2) is 15.5. The molecule has 1 aromatic carbocycles. The molecule has 0 spiro atoms. The van der Waals surface area contributed by atoms with Crippen molar-refractivity contribution in [2.24, 2.45) is 21.7 Å². The first-order valence-electron chi connectivity index (χ1n) is 21.6. The van der Waals surface area contributed by atoms with Gasteiger partial charge in [-0.3, -0.25) is 4.68 Å². The van der Waals surface area contributed by atoms with Gasteiger partial charge in [0.1, 0.15) is 11.5 Å². The Balaban J connectivity index is 0.947. The lowest BCUT2D eigenvalue weighted by atomic mass is 9.35. The first-order valence-corrected chi connectivity index (χ1v) is 22.4. The lowest BCUT2D eigenvalue weighted by Crippen LogP contribution is -2.60. The average Bonchev–Trinajstić information content (AvgIpc) is 3.75. The van der Waals surface area contributed by atoms with Gasteiger partial charge in [-0.25, -0.2) is 9.97 Å². The Morgan fingerprint density at radius 3 is 2.44 bits per heavy atom. The van der Waals surface area contributed by atoms with Crippen LogP contribution in [0.3, 0.4) is 0 Å². The fraction of sp³-hybridized carbons (Fsp3) is 0.587. The molecule has 0 amide bonds. The van der Waals surface area contributed by atoms with Gasteiger partial charge in [0, 0.05) is 61.3 Å². The SMILES string of the molecule is COCCCN(C)CCCC12CC3(C)CC(C)(C1)CC(Cn1ncc(-c4ccc(N5CCCc6c5nnc(Nc5nc7ccccc7s5)c6C)nc4C(O)O)c1C)(C3)C2. The van der Waals surface area contributed by atoms with E-state index in [1.165, 1.54) is 51.4 Å². The molecular formula is C46H61N9O3S. The van der Waals surface area contributed by atoms with Gasteiger partial charge in [0.2, 0.25) is 0 Å². The Labute approximate surface area is 352 Å². The van der Waals surface area contributed by atoms with E-state index >= 15 is 0 Å². The summed E-state index contributed by atoms with van der Waals surface area (Å²) in [5.74, 6) is 2.05. The molecule has 5 aromatic rings. The predicted octanol–water partition coefficient (Wildman–Crippen LogP) is 8.89. The van der Waals surface area contributed by atoms with Gasteiger partial charge in [-0.05, 0) is 144 Å². The molecule has 4 bridgehead atoms. The second-order valence-electron chi connectivity index (χ2n) is 19.6. The molecule has 12 nitrogen and oxygen atoms in total. The van der Waals surface area contributed by atoms with Crippen LogP contribution in [0.15, 0.2) is 42.6 Å². The maximum Gasteiger partial charge on any atom is 0.196 e. The number of hydrogen-bond acceptors (Lipinski definition) is 12. The van der Waals surface area contributed by atoms with Crippen molar-refractivity contribution >= 4 is 44.1 Å². The highest BCUT2D eigenvalue weighted by Gasteiger charge is 2.65. The van der Waals surface area contributed by atoms with Crippen LogP contribution >= 0.6 is 11.3 Å². The smallest absolute Gasteiger partial charge is 0.196 e. The molecule has 314 valence electrons. The predicted molar refractivity (Wildman–Crippen MR) is 234 cm³/mol. The van der Waals surface area contributed by atoms with Crippen molar-refractivity contribution < 1.29 is 14.9 Å². The highest BCUT2D eigenvalue weighted by molar-refractivity contribution is 7.22. The van der Waals surface area contributed by atoms with E-state index in [1.807, 2.05) is 36.5 Å². The fourth-order valence-corrected chi connectivity index (χ4v) is 14.0. The van der Waals surface area contributed by atoms with Gasteiger partial charge in [-0.2, -0.15) is 5.10 Å². The number of ether oxygens (including phenoxy) is 1. The number of methoxy groups -OCH3 is 1. The summed E-state index contributed by atoms with van der Waals surface area (Å²) in [6.07, 6.45) is 13.3. The monoisotopic (exact) mass is 819 g/mol. The van der Waals surface area contributed by atoms with Crippen molar-refractivity contribution in [2.75, 3.05) is 50.6 Å². The molecule has 13 heteroatoms. The van der Waals surface area contributed by atoms with Crippen molar-refractivity contribution in [1.29, 1.82) is 0 Å². The minimum Gasteiger partial charge on any atom is -0.385 e. The summed E-state index contributed by atoms with van der Waals surface area (Å²) in [7, 11) is 4.04. The van der Waals surface area contributed by atoms with E-state index in [9.17, 15) is 10.2 Å². The van der Waals surface area contributed by atoms with Gasteiger partial charge in [0.15, 0.2) is 23.1 Å². The zero-order valence-electron chi connectivity index (χ0n) is 35.7. The molecule has 4 fully saturated rings. The van der Waals surface area contributed by atoms with Crippen molar-refractivity contribution in [1.82, 2.24) is 34.8 Å². The maximum atomic E-state index is 10.8. The van der Waals surface area contributed by atoms with Crippen LogP contribution in [0.4, 0.5) is 22.6 Å². The number of nitrogens with zero attached hydrogens (tertiary/aromatic N) is 8. The summed E-state index contributed by atoms with van der Waals surface area (Å²) in [4.78, 5) is 14.2. The van der Waals surface area contributed by atoms with Crippen LogP contribution in [-0.4, -0.2) is 85.5 Å². The minimum absolute atomic E-state index is 0.197. The number of thiazole rings is 1. The third-order valence-electron chi connectivity index (χ3n) is 14.2. The summed E-state index contributed by atoms with van der Waals surface area (Å²) in [5.41, 5.74) is 7.21. The van der Waals surface area contributed by atoms with Crippen LogP contribution in [-0.2, 0) is 17.7 Å². The molecule has 1 aliphatic heterocycles. The summed E-state index contributed by atoms with van der Waals surface area (Å²) in [6.45, 7) is 14.0. The van der Waals surface area contributed by atoms with Gasteiger partial charge in [-0.1, -0.05) is 37.3 Å². The number of aliphatic hydroxyl groups excluding tert-OH is 1. The molecule has 4 aliphatic carbocycles. The summed E-state index contributed by atoms with van der Waals surface area (Å²) < 4.78 is 8.62. The number of pyridine rings is 1. The van der Waals surface area contributed by atoms with Crippen molar-refractivity contribution in [3.63, 3.8) is 0 Å². The second-order valence-corrected chi connectivity index (χ2v) is 20.6. The lowest BCUT2D eigenvalue weighted by molar-refractivity contribution is -0.198. The minimum atomic E-state index is -1.76. The molecule has 10 rings (SSSR count). The number of fused-ring (bicyclic) bond motifs is 2. The Morgan fingerprint density at radius 2 is 1.68 bits per heavy atom. The normalized spacial score (nSPS) is 26.1. The molecule has 3 N–H and O–H groups in total. The van der Waals surface area contributed by atoms with Gasteiger partial charge < -0.3 is 30.1 Å². The molecule has 2 unspecified atom stereocenters. The Hall–Kier alpha value is -4.01. The molecule has 59 heavy (non-hydrogen) atoms. The third kappa shape index (κ3) is 7.78. The summed E-state index contributed by atoms with van der Waals surface area (Å²) in [6, 6.07) is 12.0. The number of aliphatic hydroxyl groups is 2. The quantitative estimate of drug-likeness (QED) is 0.0690. The molecule has 4 aromatic heterocycles. The Morgan fingerprint density at radius 1 is 0.915 bits per heavy atom. The molecule has 4 saturated carbocycles. The Bertz CT molecular complexity index is 2290. The number of anilines is 4. The first-order chi connectivity index (χ1) is 28.3. The van der Waals surface area contributed by atoms with Crippen LogP contribution in [0.25, 0.3) is 21.3 Å². The van der Waals surface area contributed by atoms with Gasteiger partial charge in [-0.15, -0.1) is 10.2 Å². The topological polar surface area (TPSA) is 138 Å². The van der Waals surface area contributed by atoms with E-state index in [4.69, 9.17) is 24.9 Å². The molecule has 2 atom stereocenters. The number of benzene rings is 1. The van der Waals surface area contributed by atoms with Crippen molar-refractivity contribution in [3.8, 4) is 11.1 Å². The number of hydrogen-bond donors (Lipinski definition) is 3. The van der Waals surface area contributed by atoms with Crippen LogP contribution < -0.4 is 10.2 Å². The molecule has 0 saturated heterocycles. The summed E-state index contributed by atoms with van der Waals surface area (Å²) >= 11 is 1.59. The summed E-state index contributed by atoms with van der Waals surface area (Å²) in [5, 5.41) is 40.2. The average molecular weight is 820 g/mol. The van der Waals surface area contributed by atoms with Crippen molar-refractivity contribution in [2.45, 2.75) is 111 Å². The van der Waals surface area contributed by atoms with Crippen molar-refractivity contribution in [3.05, 3.63) is 65.1 Å². The van der Waals surface area contributed by atoms with Crippen LogP contribution in [0.1, 0.15) is 107 Å². The third-order valence-corrected chi connectivity index (χ3v) is 15.1.